The number of benzene rings is 3. The molecular weight excluding hydrogens is 499 g/mol. The van der Waals surface area contributed by atoms with Crippen molar-refractivity contribution in [1.82, 2.24) is 9.80 Å². The van der Waals surface area contributed by atoms with Crippen molar-refractivity contribution in [3.63, 3.8) is 0 Å². The van der Waals surface area contributed by atoms with Crippen LogP contribution in [0.2, 0.25) is 0 Å². The minimum Gasteiger partial charge on any atom is -0.497 e. The Morgan fingerprint density at radius 3 is 2.33 bits per heavy atom. The van der Waals surface area contributed by atoms with Gasteiger partial charge >= 0.3 is 0 Å². The Morgan fingerprint density at radius 1 is 0.923 bits per heavy atom. The fourth-order valence-corrected chi connectivity index (χ4v) is 4.26. The Bertz CT molecular complexity index is 1480. The zero-order valence-corrected chi connectivity index (χ0v) is 22.1. The Balaban J connectivity index is 1.62. The second-order valence-electron chi connectivity index (χ2n) is 9.27. The van der Waals surface area contributed by atoms with Crippen molar-refractivity contribution in [2.75, 3.05) is 20.2 Å². The lowest BCUT2D eigenvalue weighted by Crippen LogP contribution is -2.43. The van der Waals surface area contributed by atoms with Crippen LogP contribution < -0.4 is 10.2 Å². The summed E-state index contributed by atoms with van der Waals surface area (Å²) in [4.78, 5) is 43.3. The maximum Gasteiger partial charge on any atom is 0.254 e. The molecule has 0 radical (unpaired) electrons. The number of fused-ring (bicyclic) bond motifs is 1. The fourth-order valence-electron chi connectivity index (χ4n) is 4.26. The van der Waals surface area contributed by atoms with Crippen LogP contribution >= 0.6 is 0 Å². The summed E-state index contributed by atoms with van der Waals surface area (Å²) in [6, 6.07) is 19.5. The smallest absolute Gasteiger partial charge is 0.254 e. The van der Waals surface area contributed by atoms with Gasteiger partial charge in [0.15, 0.2) is 5.43 Å². The number of amides is 2. The van der Waals surface area contributed by atoms with Gasteiger partial charge in [0.1, 0.15) is 23.7 Å². The quantitative estimate of drug-likeness (QED) is 0.259. The van der Waals surface area contributed by atoms with Gasteiger partial charge in [0.25, 0.3) is 5.91 Å². The number of nitrogens with zero attached hydrogens (tertiary/aromatic N) is 2. The first-order chi connectivity index (χ1) is 18.9. The van der Waals surface area contributed by atoms with Crippen LogP contribution in [-0.2, 0) is 17.9 Å². The molecule has 0 saturated carbocycles. The Morgan fingerprint density at radius 2 is 1.64 bits per heavy atom. The van der Waals surface area contributed by atoms with Crippen LogP contribution in [0.4, 0.5) is 4.39 Å². The predicted octanol–water partition coefficient (Wildman–Crippen LogP) is 5.41. The third-order valence-corrected chi connectivity index (χ3v) is 6.48. The normalized spacial score (nSPS) is 10.8. The van der Waals surface area contributed by atoms with Crippen LogP contribution in [0.1, 0.15) is 41.3 Å². The average molecular weight is 531 g/mol. The van der Waals surface area contributed by atoms with E-state index in [4.69, 9.17) is 9.15 Å². The number of halogens is 1. The van der Waals surface area contributed by atoms with Gasteiger partial charge in [0, 0.05) is 18.7 Å². The summed E-state index contributed by atoms with van der Waals surface area (Å²) in [7, 11) is 1.55. The Labute approximate surface area is 226 Å². The van der Waals surface area contributed by atoms with Crippen molar-refractivity contribution < 1.29 is 23.1 Å². The highest BCUT2D eigenvalue weighted by Gasteiger charge is 2.24. The first-order valence-corrected chi connectivity index (χ1v) is 12.8. The molecule has 0 saturated heterocycles. The molecule has 0 aliphatic rings. The van der Waals surface area contributed by atoms with Gasteiger partial charge < -0.3 is 19.0 Å². The molecule has 0 spiro atoms. The third kappa shape index (κ3) is 6.90. The van der Waals surface area contributed by atoms with Crippen molar-refractivity contribution >= 4 is 22.8 Å². The van der Waals surface area contributed by atoms with E-state index in [0.29, 0.717) is 40.0 Å². The second-order valence-corrected chi connectivity index (χ2v) is 9.27. The molecule has 0 aliphatic heterocycles. The number of hydrogen-bond acceptors (Lipinski definition) is 5. The van der Waals surface area contributed by atoms with Crippen LogP contribution in [0.3, 0.4) is 0 Å². The molecule has 4 aromatic rings. The number of hydrogen-bond donors (Lipinski definition) is 0. The topological polar surface area (TPSA) is 80.1 Å². The highest BCUT2D eigenvalue weighted by Crippen LogP contribution is 2.17. The molecule has 2 amide bonds. The minimum absolute atomic E-state index is 0.0261. The number of methoxy groups -OCH3 is 1. The molecule has 0 atom stereocenters. The molecule has 8 heteroatoms. The van der Waals surface area contributed by atoms with Crippen LogP contribution in [-0.4, -0.2) is 41.8 Å². The zero-order chi connectivity index (χ0) is 27.8. The van der Waals surface area contributed by atoms with Gasteiger partial charge in [-0.05, 0) is 60.5 Å². The SMILES string of the molecule is CCCCN(CC(=O)N(Cc1ccc(F)cc1)Cc1coc2ccccc2c1=O)C(=O)c1ccc(OC)cc1. The van der Waals surface area contributed by atoms with E-state index in [1.807, 2.05) is 6.92 Å². The molecule has 0 N–H and O–H groups in total. The second kappa shape index (κ2) is 12.9. The molecule has 0 aliphatic carbocycles. The molecule has 0 unspecified atom stereocenters. The van der Waals surface area contributed by atoms with Crippen molar-refractivity contribution in [2.45, 2.75) is 32.9 Å². The molecule has 39 heavy (non-hydrogen) atoms. The van der Waals surface area contributed by atoms with Crippen LogP contribution in [0, 0.1) is 5.82 Å². The van der Waals surface area contributed by atoms with E-state index >= 15 is 0 Å². The monoisotopic (exact) mass is 530 g/mol. The van der Waals surface area contributed by atoms with Gasteiger partial charge in [-0.3, -0.25) is 14.4 Å². The first-order valence-electron chi connectivity index (χ1n) is 12.8. The highest BCUT2D eigenvalue weighted by molar-refractivity contribution is 5.96. The molecule has 4 rings (SSSR count). The summed E-state index contributed by atoms with van der Waals surface area (Å²) < 4.78 is 24.4. The number of para-hydroxylation sites is 1. The minimum atomic E-state index is -0.386. The van der Waals surface area contributed by atoms with Gasteiger partial charge in [-0.25, -0.2) is 4.39 Å². The zero-order valence-electron chi connectivity index (χ0n) is 22.1. The summed E-state index contributed by atoms with van der Waals surface area (Å²) in [5.74, 6) is -0.374. The lowest BCUT2D eigenvalue weighted by atomic mass is 10.1. The number of ether oxygens (including phenoxy) is 1. The average Bonchev–Trinajstić information content (AvgIpc) is 2.97. The largest absolute Gasteiger partial charge is 0.497 e. The van der Waals surface area contributed by atoms with E-state index in [1.54, 1.807) is 67.8 Å². The van der Waals surface area contributed by atoms with E-state index in [2.05, 4.69) is 0 Å². The van der Waals surface area contributed by atoms with Crippen molar-refractivity contribution in [3.8, 4) is 5.75 Å². The molecule has 3 aromatic carbocycles. The number of rotatable bonds is 11. The Kier molecular flexibility index (Phi) is 9.10. The molecule has 7 nitrogen and oxygen atoms in total. The summed E-state index contributed by atoms with van der Waals surface area (Å²) in [6.07, 6.45) is 2.94. The summed E-state index contributed by atoms with van der Waals surface area (Å²) in [5, 5.41) is 0.420. The molecule has 1 aromatic heterocycles. The molecule has 0 fully saturated rings. The van der Waals surface area contributed by atoms with E-state index in [9.17, 15) is 18.8 Å². The third-order valence-electron chi connectivity index (χ3n) is 6.48. The molecular formula is C31H31FN2O5. The first kappa shape index (κ1) is 27.6. The van der Waals surface area contributed by atoms with E-state index in [-0.39, 0.29) is 42.7 Å². The summed E-state index contributed by atoms with van der Waals surface area (Å²) in [6.45, 7) is 2.34. The summed E-state index contributed by atoms with van der Waals surface area (Å²) >= 11 is 0. The highest BCUT2D eigenvalue weighted by atomic mass is 19.1. The van der Waals surface area contributed by atoms with Gasteiger partial charge in [-0.2, -0.15) is 0 Å². The lowest BCUT2D eigenvalue weighted by molar-refractivity contribution is -0.133. The van der Waals surface area contributed by atoms with E-state index in [1.165, 1.54) is 28.2 Å². The summed E-state index contributed by atoms with van der Waals surface area (Å²) in [5.41, 5.74) is 1.67. The fraction of sp³-hybridized carbons (Fsp3) is 0.258. The Hall–Kier alpha value is -4.46. The maximum atomic E-state index is 13.7. The van der Waals surface area contributed by atoms with Crippen LogP contribution in [0.5, 0.6) is 5.75 Å². The van der Waals surface area contributed by atoms with Crippen molar-refractivity contribution in [1.29, 1.82) is 0 Å². The van der Waals surface area contributed by atoms with Crippen molar-refractivity contribution in [2.24, 2.45) is 0 Å². The standard InChI is InChI=1S/C31H31FN2O5/c1-3-4-17-33(31(37)23-11-15-26(38-2)16-12-23)20-29(35)34(18-22-9-13-25(32)14-10-22)19-24-21-39-28-8-6-5-7-27(28)30(24)36/h5-16,21H,3-4,17-20H2,1-2H3. The molecule has 0 bridgehead atoms. The van der Waals surface area contributed by atoms with Gasteiger partial charge in [-0.15, -0.1) is 0 Å². The van der Waals surface area contributed by atoms with Gasteiger partial charge in [0.05, 0.1) is 30.9 Å². The predicted molar refractivity (Wildman–Crippen MR) is 147 cm³/mol. The number of carbonyl (C=O) groups is 2. The van der Waals surface area contributed by atoms with Crippen molar-refractivity contribution in [3.05, 3.63) is 112 Å². The lowest BCUT2D eigenvalue weighted by Gasteiger charge is -2.28. The number of unbranched alkanes of at least 4 members (excludes halogenated alkanes) is 1. The van der Waals surface area contributed by atoms with Crippen LogP contribution in [0.15, 0.2) is 88.3 Å². The molecule has 202 valence electrons. The maximum absolute atomic E-state index is 13.7. The number of carbonyl (C=O) groups excluding carboxylic acids is 2. The van der Waals surface area contributed by atoms with Gasteiger partial charge in [-0.1, -0.05) is 37.6 Å². The van der Waals surface area contributed by atoms with Crippen LogP contribution in [0.25, 0.3) is 11.0 Å². The van der Waals surface area contributed by atoms with E-state index < -0.39 is 0 Å². The van der Waals surface area contributed by atoms with E-state index in [0.717, 1.165) is 12.8 Å². The van der Waals surface area contributed by atoms with Gasteiger partial charge in [0.2, 0.25) is 5.91 Å². The molecule has 1 heterocycles.